The average Bonchev–Trinajstić information content (AvgIpc) is 3.46. The molecule has 3 N–H and O–H groups in total. The standard InChI is InChI=1S/C32H38N6O4/c1-19-29(35-38-16-22(14-27(41-2)30(19)38)32(40)36-12-4-6-23(33)17-36)25-13-21-5-3-7-26(31(21)37(25)15-20-8-9-20)42-18-24-10-11-28(39)34-24/h3,5,7,13-14,16,20,23-24H,4,6,8-12,15,17-18,33H2,1-2H3,(H,34,39). The summed E-state index contributed by atoms with van der Waals surface area (Å²) in [7, 11) is 1.63. The van der Waals surface area contributed by atoms with E-state index in [4.69, 9.17) is 20.3 Å². The summed E-state index contributed by atoms with van der Waals surface area (Å²) in [5.41, 5.74) is 11.4. The molecule has 1 aromatic carbocycles. The number of carbonyl (C=O) groups is 2. The number of fused-ring (bicyclic) bond motifs is 2. The summed E-state index contributed by atoms with van der Waals surface area (Å²) < 4.78 is 16.3. The molecule has 5 heterocycles. The number of amides is 2. The molecule has 3 fully saturated rings. The summed E-state index contributed by atoms with van der Waals surface area (Å²) in [6.45, 7) is 4.64. The van der Waals surface area contributed by atoms with E-state index in [1.807, 2.05) is 29.3 Å². The van der Waals surface area contributed by atoms with Gasteiger partial charge in [0.25, 0.3) is 5.91 Å². The SMILES string of the molecule is COc1cc(C(=O)N2CCCC(N)C2)cn2nc(-c3cc4cccc(OCC5CCC(=O)N5)c4n3CC3CC3)c(C)c12. The van der Waals surface area contributed by atoms with Crippen LogP contribution in [0.15, 0.2) is 36.5 Å². The van der Waals surface area contributed by atoms with Crippen LogP contribution >= 0.6 is 0 Å². The number of benzene rings is 1. The summed E-state index contributed by atoms with van der Waals surface area (Å²) in [5, 5.41) is 9.14. The lowest BCUT2D eigenvalue weighted by Crippen LogP contribution is -2.45. The highest BCUT2D eigenvalue weighted by Crippen LogP contribution is 2.40. The molecule has 7 rings (SSSR count). The van der Waals surface area contributed by atoms with Gasteiger partial charge in [0, 0.05) is 49.2 Å². The number of hydrogen-bond donors (Lipinski definition) is 2. The van der Waals surface area contributed by atoms with E-state index in [9.17, 15) is 9.59 Å². The number of nitrogens with two attached hydrogens (primary N) is 1. The normalized spacial score (nSPS) is 20.8. The fourth-order valence-electron chi connectivity index (χ4n) is 6.52. The monoisotopic (exact) mass is 570 g/mol. The van der Waals surface area contributed by atoms with Gasteiger partial charge in [-0.2, -0.15) is 5.10 Å². The molecule has 2 aliphatic heterocycles. The Hall–Kier alpha value is -4.05. The maximum atomic E-state index is 13.5. The van der Waals surface area contributed by atoms with E-state index in [2.05, 4.69) is 28.9 Å². The van der Waals surface area contributed by atoms with Crippen LogP contribution in [0.5, 0.6) is 11.5 Å². The Morgan fingerprint density at radius 3 is 2.74 bits per heavy atom. The van der Waals surface area contributed by atoms with Crippen LogP contribution in [0.2, 0.25) is 0 Å². The van der Waals surface area contributed by atoms with Gasteiger partial charge in [-0.1, -0.05) is 12.1 Å². The van der Waals surface area contributed by atoms with Crippen LogP contribution in [0, 0.1) is 12.8 Å². The van der Waals surface area contributed by atoms with Gasteiger partial charge in [0.1, 0.15) is 29.3 Å². The zero-order valence-corrected chi connectivity index (χ0v) is 24.3. The Morgan fingerprint density at radius 2 is 2.00 bits per heavy atom. The van der Waals surface area contributed by atoms with Gasteiger partial charge < -0.3 is 30.0 Å². The number of para-hydroxylation sites is 1. The minimum Gasteiger partial charge on any atom is -0.494 e. The van der Waals surface area contributed by atoms with Gasteiger partial charge in [-0.05, 0) is 63.1 Å². The lowest BCUT2D eigenvalue weighted by molar-refractivity contribution is -0.119. The highest BCUT2D eigenvalue weighted by molar-refractivity contribution is 5.96. The topological polar surface area (TPSA) is 116 Å². The van der Waals surface area contributed by atoms with Crippen molar-refractivity contribution < 1.29 is 19.1 Å². The van der Waals surface area contributed by atoms with Gasteiger partial charge in [0.15, 0.2) is 0 Å². The number of likely N-dealkylation sites (tertiary alicyclic amines) is 1. The van der Waals surface area contributed by atoms with E-state index in [1.54, 1.807) is 11.6 Å². The van der Waals surface area contributed by atoms with Gasteiger partial charge in [-0.25, -0.2) is 4.52 Å². The van der Waals surface area contributed by atoms with E-state index in [-0.39, 0.29) is 23.9 Å². The maximum absolute atomic E-state index is 13.5. The number of nitrogens with one attached hydrogen (secondary N) is 1. The van der Waals surface area contributed by atoms with Crippen LogP contribution in [-0.4, -0.2) is 69.8 Å². The quantitative estimate of drug-likeness (QED) is 0.332. The number of aryl methyl sites for hydroxylation is 1. The highest BCUT2D eigenvalue weighted by Gasteiger charge is 2.29. The molecule has 10 nitrogen and oxygen atoms in total. The van der Waals surface area contributed by atoms with E-state index >= 15 is 0 Å². The molecule has 220 valence electrons. The molecule has 1 aliphatic carbocycles. The van der Waals surface area contributed by atoms with Crippen molar-refractivity contribution in [2.75, 3.05) is 26.8 Å². The molecule has 42 heavy (non-hydrogen) atoms. The van der Waals surface area contributed by atoms with Gasteiger partial charge in [-0.15, -0.1) is 0 Å². The highest BCUT2D eigenvalue weighted by atomic mass is 16.5. The van der Waals surface area contributed by atoms with Crippen LogP contribution in [0.4, 0.5) is 0 Å². The first-order valence-electron chi connectivity index (χ1n) is 15.1. The molecule has 10 heteroatoms. The Balaban J connectivity index is 1.30. The number of ether oxygens (including phenoxy) is 2. The number of rotatable bonds is 8. The van der Waals surface area contributed by atoms with Crippen molar-refractivity contribution in [3.8, 4) is 22.9 Å². The van der Waals surface area contributed by atoms with E-state index in [0.717, 1.165) is 64.9 Å². The van der Waals surface area contributed by atoms with Crippen molar-refractivity contribution in [3.63, 3.8) is 0 Å². The number of aromatic nitrogens is 3. The van der Waals surface area contributed by atoms with Crippen LogP contribution in [0.1, 0.15) is 54.4 Å². The Labute approximate surface area is 244 Å². The van der Waals surface area contributed by atoms with Crippen molar-refractivity contribution >= 4 is 28.2 Å². The van der Waals surface area contributed by atoms with Gasteiger partial charge in [0.2, 0.25) is 5.91 Å². The van der Waals surface area contributed by atoms with Gasteiger partial charge in [-0.3, -0.25) is 9.59 Å². The largest absolute Gasteiger partial charge is 0.494 e. The second-order valence-electron chi connectivity index (χ2n) is 12.1. The van der Waals surface area contributed by atoms with Crippen LogP contribution in [0.3, 0.4) is 0 Å². The number of carbonyl (C=O) groups excluding carboxylic acids is 2. The molecule has 0 spiro atoms. The smallest absolute Gasteiger partial charge is 0.255 e. The molecule has 3 aliphatic rings. The van der Waals surface area contributed by atoms with Crippen LogP contribution < -0.4 is 20.5 Å². The predicted octanol–water partition coefficient (Wildman–Crippen LogP) is 3.90. The number of hydrogen-bond acceptors (Lipinski definition) is 6. The fraction of sp³-hybridized carbons (Fsp3) is 0.469. The molecule has 0 bridgehead atoms. The maximum Gasteiger partial charge on any atom is 0.255 e. The zero-order valence-electron chi connectivity index (χ0n) is 24.3. The molecule has 2 amide bonds. The van der Waals surface area contributed by atoms with Gasteiger partial charge in [0.05, 0.1) is 29.9 Å². The van der Waals surface area contributed by atoms with Crippen molar-refractivity contribution in [3.05, 3.63) is 47.7 Å². The zero-order chi connectivity index (χ0) is 29.0. The minimum absolute atomic E-state index is 0.00560. The molecule has 2 saturated heterocycles. The van der Waals surface area contributed by atoms with Crippen LogP contribution in [0.25, 0.3) is 27.8 Å². The van der Waals surface area contributed by atoms with Crippen molar-refractivity contribution in [1.29, 1.82) is 0 Å². The first-order chi connectivity index (χ1) is 20.4. The number of nitrogens with zero attached hydrogens (tertiary/aromatic N) is 4. The number of methoxy groups -OCH3 is 1. The second-order valence-corrected chi connectivity index (χ2v) is 12.1. The summed E-state index contributed by atoms with van der Waals surface area (Å²) in [4.78, 5) is 27.0. The molecule has 4 aromatic rings. The molecule has 2 atom stereocenters. The lowest BCUT2D eigenvalue weighted by Gasteiger charge is -2.30. The molecule has 0 radical (unpaired) electrons. The Kier molecular flexibility index (Phi) is 6.80. The van der Waals surface area contributed by atoms with Crippen molar-refractivity contribution in [2.45, 2.75) is 64.1 Å². The Morgan fingerprint density at radius 1 is 1.14 bits per heavy atom. The molecule has 2 unspecified atom stereocenters. The first kappa shape index (κ1) is 26.8. The van der Waals surface area contributed by atoms with E-state index < -0.39 is 0 Å². The van der Waals surface area contributed by atoms with E-state index in [0.29, 0.717) is 43.3 Å². The van der Waals surface area contributed by atoms with Crippen molar-refractivity contribution in [1.82, 2.24) is 24.4 Å². The van der Waals surface area contributed by atoms with E-state index in [1.165, 1.54) is 12.8 Å². The third-order valence-corrected chi connectivity index (χ3v) is 8.93. The predicted molar refractivity (Wildman–Crippen MR) is 160 cm³/mol. The molecule has 1 saturated carbocycles. The summed E-state index contributed by atoms with van der Waals surface area (Å²) >= 11 is 0. The summed E-state index contributed by atoms with van der Waals surface area (Å²) in [5.74, 6) is 2.08. The van der Waals surface area contributed by atoms with Crippen molar-refractivity contribution in [2.24, 2.45) is 11.7 Å². The number of pyridine rings is 1. The molecular weight excluding hydrogens is 532 g/mol. The Bertz CT molecular complexity index is 1690. The summed E-state index contributed by atoms with van der Waals surface area (Å²) in [6, 6.07) is 10.2. The fourth-order valence-corrected chi connectivity index (χ4v) is 6.52. The minimum atomic E-state index is -0.0526. The van der Waals surface area contributed by atoms with Crippen LogP contribution in [-0.2, 0) is 11.3 Å². The van der Waals surface area contributed by atoms with Gasteiger partial charge >= 0.3 is 0 Å². The molecular formula is C32H38N6O4. The molecule has 3 aromatic heterocycles. The number of piperidine rings is 1. The third-order valence-electron chi connectivity index (χ3n) is 8.93. The summed E-state index contributed by atoms with van der Waals surface area (Å²) in [6.07, 6.45) is 7.42. The lowest BCUT2D eigenvalue weighted by atomic mass is 10.1. The third kappa shape index (κ3) is 4.87. The second kappa shape index (κ2) is 10.7. The first-order valence-corrected chi connectivity index (χ1v) is 15.1. The average molecular weight is 571 g/mol.